The molecule has 0 radical (unpaired) electrons. The van der Waals surface area contributed by atoms with Crippen LogP contribution in [0.5, 0.6) is 0 Å². The van der Waals surface area contributed by atoms with E-state index in [1.165, 1.54) is 0 Å². The van der Waals surface area contributed by atoms with Crippen LogP contribution in [0.25, 0.3) is 11.0 Å². The third-order valence-corrected chi connectivity index (χ3v) is 10.4. The highest BCUT2D eigenvalue weighted by Gasteiger charge is 2.40. The van der Waals surface area contributed by atoms with E-state index >= 15 is 0 Å². The van der Waals surface area contributed by atoms with Crippen LogP contribution in [0, 0.1) is 13.8 Å². The van der Waals surface area contributed by atoms with Crippen LogP contribution < -0.4 is 4.90 Å². The molecule has 0 amide bonds. The number of hydrogen-bond acceptors (Lipinski definition) is 7. The number of hydrogen-bond donors (Lipinski definition) is 1. The first-order chi connectivity index (χ1) is 19.7. The lowest BCUT2D eigenvalue weighted by Crippen LogP contribution is -2.39. The quantitative estimate of drug-likeness (QED) is 0.348. The fraction of sp³-hybridized carbons (Fsp3) is 0.400. The van der Waals surface area contributed by atoms with Gasteiger partial charge in [-0.2, -0.15) is 4.31 Å². The van der Waals surface area contributed by atoms with Crippen LogP contribution >= 0.6 is 0 Å². The zero-order chi connectivity index (χ0) is 28.9. The number of carboxylic acids is 1. The molecule has 1 N–H and O–H groups in total. The van der Waals surface area contributed by atoms with Crippen LogP contribution in [-0.4, -0.2) is 62.9 Å². The van der Waals surface area contributed by atoms with Crippen molar-refractivity contribution in [1.29, 1.82) is 0 Å². The summed E-state index contributed by atoms with van der Waals surface area (Å²) in [5.41, 5.74) is 6.09. The number of aryl methyl sites for hydroxylation is 3. The molecule has 2 aliphatic rings. The number of carbonyl (C=O) groups is 1. The second kappa shape index (κ2) is 10.5. The van der Waals surface area contributed by atoms with Gasteiger partial charge in [-0.1, -0.05) is 29.5 Å². The maximum Gasteiger partial charge on any atom is 0.304 e. The second-order valence-electron chi connectivity index (χ2n) is 11.0. The lowest BCUT2D eigenvalue weighted by atomic mass is 9.84. The number of pyridine rings is 1. The van der Waals surface area contributed by atoms with E-state index in [0.717, 1.165) is 58.2 Å². The molecular weight excluding hydrogens is 540 g/mol. The fourth-order valence-electron chi connectivity index (χ4n) is 6.37. The van der Waals surface area contributed by atoms with Gasteiger partial charge in [-0.05, 0) is 79.6 Å². The zero-order valence-corrected chi connectivity index (χ0v) is 24.3. The minimum absolute atomic E-state index is 0.0649. The molecule has 214 valence electrons. The third-order valence-electron chi connectivity index (χ3n) is 8.59. The van der Waals surface area contributed by atoms with E-state index in [1.807, 2.05) is 55.8 Å². The lowest BCUT2D eigenvalue weighted by Gasteiger charge is -2.26. The summed E-state index contributed by atoms with van der Waals surface area (Å²) < 4.78 is 31.2. The summed E-state index contributed by atoms with van der Waals surface area (Å²) in [7, 11) is -3.79. The van der Waals surface area contributed by atoms with Gasteiger partial charge in [-0.15, -0.1) is 5.10 Å². The highest BCUT2D eigenvalue weighted by Crippen LogP contribution is 2.38. The predicted octanol–water partition coefficient (Wildman–Crippen LogP) is 4.24. The van der Waals surface area contributed by atoms with Gasteiger partial charge < -0.3 is 10.0 Å². The summed E-state index contributed by atoms with van der Waals surface area (Å²) >= 11 is 0. The van der Waals surface area contributed by atoms with Crippen molar-refractivity contribution in [1.82, 2.24) is 24.3 Å². The van der Waals surface area contributed by atoms with Gasteiger partial charge in [0.15, 0.2) is 0 Å². The molecule has 10 nitrogen and oxygen atoms in total. The maximum atomic E-state index is 13.9. The number of nitrogens with zero attached hydrogens (tertiary/aromatic N) is 6. The molecule has 0 saturated carbocycles. The van der Waals surface area contributed by atoms with Crippen LogP contribution in [0.1, 0.15) is 59.9 Å². The van der Waals surface area contributed by atoms with Crippen LogP contribution in [0.4, 0.5) is 5.82 Å². The molecular formula is C30H34N6O4S. The summed E-state index contributed by atoms with van der Waals surface area (Å²) in [5.74, 6) is -0.802. The summed E-state index contributed by atoms with van der Waals surface area (Å²) in [6.07, 6.45) is 3.45. The smallest absolute Gasteiger partial charge is 0.304 e. The number of aromatic nitrogens is 4. The number of anilines is 1. The van der Waals surface area contributed by atoms with Crippen molar-refractivity contribution in [2.45, 2.75) is 70.0 Å². The Labute approximate surface area is 239 Å². The van der Waals surface area contributed by atoms with Gasteiger partial charge >= 0.3 is 5.97 Å². The van der Waals surface area contributed by atoms with E-state index in [9.17, 15) is 18.3 Å². The molecule has 0 aliphatic carbocycles. The van der Waals surface area contributed by atoms with E-state index in [-0.39, 0.29) is 23.9 Å². The minimum Gasteiger partial charge on any atom is -0.481 e. The summed E-state index contributed by atoms with van der Waals surface area (Å²) in [6, 6.07) is 13.2. The molecule has 11 heteroatoms. The number of fused-ring (bicyclic) bond motifs is 4. The molecule has 0 bridgehead atoms. The maximum absolute atomic E-state index is 13.9. The number of aliphatic carboxylic acids is 1. The molecule has 0 spiro atoms. The van der Waals surface area contributed by atoms with Gasteiger partial charge in [0.25, 0.3) is 0 Å². The molecule has 2 aliphatic heterocycles. The molecule has 1 saturated heterocycles. The van der Waals surface area contributed by atoms with Crippen molar-refractivity contribution in [2.24, 2.45) is 0 Å². The Morgan fingerprint density at radius 2 is 2.00 bits per heavy atom. The highest BCUT2D eigenvalue weighted by molar-refractivity contribution is 7.89. The Kier molecular flexibility index (Phi) is 7.03. The molecule has 4 aromatic rings. The number of sulfonamides is 1. The van der Waals surface area contributed by atoms with Gasteiger partial charge in [0.1, 0.15) is 16.2 Å². The van der Waals surface area contributed by atoms with Crippen molar-refractivity contribution in [3.8, 4) is 0 Å². The highest BCUT2D eigenvalue weighted by atomic mass is 32.2. The Morgan fingerprint density at radius 3 is 2.78 bits per heavy atom. The van der Waals surface area contributed by atoms with E-state index < -0.39 is 21.9 Å². The average molecular weight is 575 g/mol. The molecule has 0 unspecified atom stereocenters. The van der Waals surface area contributed by atoms with Crippen molar-refractivity contribution in [2.75, 3.05) is 18.0 Å². The molecule has 4 heterocycles. The summed E-state index contributed by atoms with van der Waals surface area (Å²) in [4.78, 5) is 18.9. The summed E-state index contributed by atoms with van der Waals surface area (Å²) in [5, 5.41) is 18.5. The van der Waals surface area contributed by atoms with E-state index in [1.54, 1.807) is 22.6 Å². The predicted molar refractivity (Wildman–Crippen MR) is 155 cm³/mol. The topological polar surface area (TPSA) is 122 Å². The standard InChI is InChI=1S/C30H34N6O4S/c1-4-36-26-12-11-24(20(3)29(26)32-33-36)25(16-28(37)38)21-10-9-19(2)22(15-21)17-34-18-23-7-6-14-35(23)30-27(41(34,39)40)8-5-13-31-30/h5,8-13,15,23,25H,4,6-7,14,16-18H2,1-3H3,(H,37,38)/t23-,25-/m0/s1. The molecule has 41 heavy (non-hydrogen) atoms. The van der Waals surface area contributed by atoms with Crippen LogP contribution in [0.15, 0.2) is 53.6 Å². The monoisotopic (exact) mass is 574 g/mol. The first kappa shape index (κ1) is 27.3. The molecule has 2 atom stereocenters. The van der Waals surface area contributed by atoms with Crippen LogP contribution in [0.2, 0.25) is 0 Å². The number of carboxylic acid groups (broad SMARTS) is 1. The van der Waals surface area contributed by atoms with Gasteiger partial charge in [-0.3, -0.25) is 4.79 Å². The average Bonchev–Trinajstić information content (AvgIpc) is 3.58. The first-order valence-corrected chi connectivity index (χ1v) is 15.5. The summed E-state index contributed by atoms with van der Waals surface area (Å²) in [6.45, 7) is 7.98. The Balaban J connectivity index is 1.40. The van der Waals surface area contributed by atoms with Gasteiger partial charge in [0.05, 0.1) is 11.9 Å². The SMILES string of the molecule is CCn1nnc2c(C)c([C@@H](CC(=O)O)c3ccc(C)c(CN4C[C@@H]5CCCN5c5ncccc5S4(=O)=O)c3)ccc21. The van der Waals surface area contributed by atoms with E-state index in [2.05, 4.69) is 20.2 Å². The molecule has 2 aromatic heterocycles. The van der Waals surface area contributed by atoms with E-state index in [0.29, 0.717) is 18.9 Å². The Hall–Kier alpha value is -3.83. The van der Waals surface area contributed by atoms with Crippen molar-refractivity contribution in [3.63, 3.8) is 0 Å². The minimum atomic E-state index is -3.79. The van der Waals surface area contributed by atoms with Crippen molar-refractivity contribution < 1.29 is 18.3 Å². The fourth-order valence-corrected chi connectivity index (χ4v) is 7.98. The lowest BCUT2D eigenvalue weighted by molar-refractivity contribution is -0.137. The van der Waals surface area contributed by atoms with Crippen LogP contribution in [-0.2, 0) is 27.9 Å². The zero-order valence-electron chi connectivity index (χ0n) is 23.5. The first-order valence-electron chi connectivity index (χ1n) is 14.0. The van der Waals surface area contributed by atoms with Crippen molar-refractivity contribution in [3.05, 3.63) is 76.5 Å². The van der Waals surface area contributed by atoms with Gasteiger partial charge in [-0.25, -0.2) is 18.1 Å². The Morgan fingerprint density at radius 1 is 1.17 bits per heavy atom. The van der Waals surface area contributed by atoms with Gasteiger partial charge in [0.2, 0.25) is 10.0 Å². The van der Waals surface area contributed by atoms with Crippen molar-refractivity contribution >= 4 is 32.8 Å². The molecule has 2 aromatic carbocycles. The van der Waals surface area contributed by atoms with Gasteiger partial charge in [0, 0.05) is 44.3 Å². The Bertz CT molecular complexity index is 1750. The molecule has 6 rings (SSSR count). The third kappa shape index (κ3) is 4.76. The van der Waals surface area contributed by atoms with E-state index in [4.69, 9.17) is 0 Å². The largest absolute Gasteiger partial charge is 0.481 e. The molecule has 1 fully saturated rings. The number of rotatable bonds is 7. The second-order valence-corrected chi connectivity index (χ2v) is 12.9. The number of benzene rings is 2. The normalized spacial score (nSPS) is 19.1. The van der Waals surface area contributed by atoms with Crippen LogP contribution in [0.3, 0.4) is 0 Å².